The van der Waals surface area contributed by atoms with Crippen LogP contribution in [-0.2, 0) is 9.59 Å². The summed E-state index contributed by atoms with van der Waals surface area (Å²) in [7, 11) is 0. The zero-order chi connectivity index (χ0) is 8.85. The van der Waals surface area contributed by atoms with Crippen LogP contribution in [0.5, 0.6) is 0 Å². The number of allylic oxidation sites excluding steroid dienone is 2. The fraction of sp³-hybridized carbons (Fsp3) is 0.429. The number of hydrogen-bond donors (Lipinski definition) is 1. The smallest absolute Gasteiger partial charge is 0.239 e. The molecule has 11 heavy (non-hydrogen) atoms. The Hall–Kier alpha value is -0.830. The van der Waals surface area contributed by atoms with Crippen LogP contribution in [0.3, 0.4) is 0 Å². The first-order valence-corrected chi connectivity index (χ1v) is 3.64. The van der Waals surface area contributed by atoms with Crippen molar-refractivity contribution >= 4 is 23.3 Å². The van der Waals surface area contributed by atoms with Gasteiger partial charge < -0.3 is 5.32 Å². The van der Waals surface area contributed by atoms with E-state index in [1.54, 1.807) is 6.92 Å². The summed E-state index contributed by atoms with van der Waals surface area (Å²) in [6, 6.07) is 0. The minimum absolute atomic E-state index is 0.0942. The molecule has 0 aromatic rings. The number of carbonyl (C=O) groups excluding carboxylic acids is 2. The van der Waals surface area contributed by atoms with Crippen molar-refractivity contribution in [3.63, 3.8) is 0 Å². The molecule has 0 bridgehead atoms. The van der Waals surface area contributed by atoms with Crippen molar-refractivity contribution in [1.29, 1.82) is 0 Å². The largest absolute Gasteiger partial charge is 0.329 e. The fourth-order valence-corrected chi connectivity index (χ4v) is 0.661. The number of carbonyl (C=O) groups is 2. The molecular weight excluding hydrogens is 166 g/mol. The molecule has 0 aromatic carbocycles. The standard InChI is InChI=1S/C7H10ClNO2/c1-5(3-6(2)10)9-7(11)4-8/h3H,4H2,1-2H3,(H,9,11)/b5-3-. The summed E-state index contributed by atoms with van der Waals surface area (Å²) >= 11 is 5.21. The SMILES string of the molecule is CC(=O)/C=C(/C)NC(=O)CCl. The van der Waals surface area contributed by atoms with Crippen molar-refractivity contribution < 1.29 is 9.59 Å². The van der Waals surface area contributed by atoms with Gasteiger partial charge in [0, 0.05) is 5.70 Å². The second-order valence-electron chi connectivity index (χ2n) is 2.12. The van der Waals surface area contributed by atoms with Crippen molar-refractivity contribution in [3.05, 3.63) is 11.8 Å². The van der Waals surface area contributed by atoms with Gasteiger partial charge in [0.15, 0.2) is 5.78 Å². The van der Waals surface area contributed by atoms with Crippen LogP contribution in [0.4, 0.5) is 0 Å². The minimum Gasteiger partial charge on any atom is -0.329 e. The summed E-state index contributed by atoms with van der Waals surface area (Å²) in [5.41, 5.74) is 0.517. The first kappa shape index (κ1) is 10.2. The van der Waals surface area contributed by atoms with Crippen LogP contribution in [0, 0.1) is 0 Å². The number of hydrogen-bond acceptors (Lipinski definition) is 2. The Balaban J connectivity index is 3.96. The fourth-order valence-electron chi connectivity index (χ4n) is 0.594. The van der Waals surface area contributed by atoms with Gasteiger partial charge in [-0.05, 0) is 19.9 Å². The van der Waals surface area contributed by atoms with E-state index in [0.717, 1.165) is 0 Å². The number of amides is 1. The van der Waals surface area contributed by atoms with E-state index in [2.05, 4.69) is 5.32 Å². The van der Waals surface area contributed by atoms with E-state index in [9.17, 15) is 9.59 Å². The highest BCUT2D eigenvalue weighted by atomic mass is 35.5. The van der Waals surface area contributed by atoms with Crippen molar-refractivity contribution in [1.82, 2.24) is 5.32 Å². The van der Waals surface area contributed by atoms with Crippen LogP contribution in [-0.4, -0.2) is 17.6 Å². The molecule has 62 valence electrons. The highest BCUT2D eigenvalue weighted by Gasteiger charge is 1.98. The van der Waals surface area contributed by atoms with Gasteiger partial charge in [-0.1, -0.05) is 0 Å². The number of rotatable bonds is 3. The Morgan fingerprint density at radius 1 is 1.45 bits per heavy atom. The summed E-state index contributed by atoms with van der Waals surface area (Å²) in [5.74, 6) is -0.498. The molecular formula is C7H10ClNO2. The molecule has 0 fully saturated rings. The lowest BCUT2D eigenvalue weighted by Gasteiger charge is -1.99. The number of alkyl halides is 1. The molecule has 0 aliphatic carbocycles. The van der Waals surface area contributed by atoms with Crippen molar-refractivity contribution in [3.8, 4) is 0 Å². The van der Waals surface area contributed by atoms with Gasteiger partial charge in [0.05, 0.1) is 0 Å². The Morgan fingerprint density at radius 3 is 2.36 bits per heavy atom. The summed E-state index contributed by atoms with van der Waals surface area (Å²) in [6.07, 6.45) is 1.34. The normalized spacial score (nSPS) is 11.0. The molecule has 0 spiro atoms. The average molecular weight is 176 g/mol. The topological polar surface area (TPSA) is 46.2 Å². The van der Waals surface area contributed by atoms with Crippen molar-refractivity contribution in [2.45, 2.75) is 13.8 Å². The van der Waals surface area contributed by atoms with E-state index in [1.807, 2.05) is 0 Å². The average Bonchev–Trinajstić information content (AvgIpc) is 1.85. The zero-order valence-corrected chi connectivity index (χ0v) is 7.23. The molecule has 0 aliphatic rings. The first-order chi connectivity index (χ1) is 5.06. The molecule has 0 heterocycles. The lowest BCUT2D eigenvalue weighted by atomic mass is 10.3. The molecule has 1 N–H and O–H groups in total. The summed E-state index contributed by atoms with van der Waals surface area (Å²) in [5, 5.41) is 2.43. The summed E-state index contributed by atoms with van der Waals surface area (Å²) in [6.45, 7) is 3.04. The second-order valence-corrected chi connectivity index (χ2v) is 2.39. The Bertz CT molecular complexity index is 199. The Kier molecular flexibility index (Phi) is 4.54. The van der Waals surface area contributed by atoms with Crippen LogP contribution in [0.2, 0.25) is 0 Å². The monoisotopic (exact) mass is 175 g/mol. The molecule has 0 unspecified atom stereocenters. The van der Waals surface area contributed by atoms with Crippen LogP contribution in [0.1, 0.15) is 13.8 Å². The molecule has 0 aromatic heterocycles. The molecule has 3 nitrogen and oxygen atoms in total. The first-order valence-electron chi connectivity index (χ1n) is 3.11. The minimum atomic E-state index is -0.304. The van der Waals surface area contributed by atoms with E-state index in [1.165, 1.54) is 13.0 Å². The van der Waals surface area contributed by atoms with Crippen LogP contribution in [0.15, 0.2) is 11.8 Å². The molecule has 1 amide bonds. The van der Waals surface area contributed by atoms with Crippen molar-refractivity contribution in [2.75, 3.05) is 5.88 Å². The highest BCUT2D eigenvalue weighted by Crippen LogP contribution is 1.87. The second kappa shape index (κ2) is 4.91. The Labute approximate surface area is 70.4 Å². The third kappa shape index (κ3) is 5.61. The summed E-state index contributed by atoms with van der Waals surface area (Å²) in [4.78, 5) is 21.1. The van der Waals surface area contributed by atoms with E-state index >= 15 is 0 Å². The van der Waals surface area contributed by atoms with Crippen LogP contribution >= 0.6 is 11.6 Å². The maximum absolute atomic E-state index is 10.6. The third-order valence-electron chi connectivity index (χ3n) is 0.878. The number of nitrogens with one attached hydrogen (secondary N) is 1. The van der Waals surface area contributed by atoms with Gasteiger partial charge in [-0.3, -0.25) is 9.59 Å². The quantitative estimate of drug-likeness (QED) is 0.510. The predicted molar refractivity (Wildman–Crippen MR) is 43.3 cm³/mol. The van der Waals surface area contributed by atoms with E-state index in [0.29, 0.717) is 5.70 Å². The predicted octanol–water partition coefficient (Wildman–Crippen LogP) is 0.834. The highest BCUT2D eigenvalue weighted by molar-refractivity contribution is 6.27. The van der Waals surface area contributed by atoms with Gasteiger partial charge in [-0.15, -0.1) is 11.6 Å². The summed E-state index contributed by atoms with van der Waals surface area (Å²) < 4.78 is 0. The van der Waals surface area contributed by atoms with E-state index in [-0.39, 0.29) is 17.6 Å². The molecule has 0 saturated heterocycles. The van der Waals surface area contributed by atoms with Gasteiger partial charge in [-0.2, -0.15) is 0 Å². The van der Waals surface area contributed by atoms with Gasteiger partial charge >= 0.3 is 0 Å². The number of ketones is 1. The zero-order valence-electron chi connectivity index (χ0n) is 6.48. The number of halogens is 1. The van der Waals surface area contributed by atoms with Gasteiger partial charge in [0.2, 0.25) is 5.91 Å². The molecule has 0 radical (unpaired) electrons. The molecule has 0 aliphatic heterocycles. The molecule has 0 saturated carbocycles. The van der Waals surface area contributed by atoms with Gasteiger partial charge in [0.25, 0.3) is 0 Å². The maximum atomic E-state index is 10.6. The lowest BCUT2D eigenvalue weighted by Crippen LogP contribution is -2.22. The molecule has 0 atom stereocenters. The lowest BCUT2D eigenvalue weighted by molar-refractivity contribution is -0.117. The van der Waals surface area contributed by atoms with Crippen molar-refractivity contribution in [2.24, 2.45) is 0 Å². The molecule has 4 heteroatoms. The third-order valence-corrected chi connectivity index (χ3v) is 1.12. The van der Waals surface area contributed by atoms with Crippen LogP contribution in [0.25, 0.3) is 0 Å². The van der Waals surface area contributed by atoms with Gasteiger partial charge in [-0.25, -0.2) is 0 Å². The van der Waals surface area contributed by atoms with E-state index < -0.39 is 0 Å². The van der Waals surface area contributed by atoms with E-state index in [4.69, 9.17) is 11.6 Å². The Morgan fingerprint density at radius 2 is 2.00 bits per heavy atom. The van der Waals surface area contributed by atoms with Gasteiger partial charge in [0.1, 0.15) is 5.88 Å². The molecule has 0 rings (SSSR count). The maximum Gasteiger partial charge on any atom is 0.239 e. The van der Waals surface area contributed by atoms with Crippen LogP contribution < -0.4 is 5.32 Å².